The van der Waals surface area contributed by atoms with E-state index in [0.717, 1.165) is 22.6 Å². The third-order valence-electron chi connectivity index (χ3n) is 5.20. The highest BCUT2D eigenvalue weighted by Gasteiger charge is 2.15. The number of anilines is 1. The summed E-state index contributed by atoms with van der Waals surface area (Å²) >= 11 is 0. The Bertz CT molecular complexity index is 1250. The van der Waals surface area contributed by atoms with Crippen LogP contribution in [0.25, 0.3) is 11.8 Å². The van der Waals surface area contributed by atoms with E-state index in [1.54, 1.807) is 49.4 Å². The molecule has 0 unspecified atom stereocenters. The first-order chi connectivity index (χ1) is 16.4. The smallest absolute Gasteiger partial charge is 0.338 e. The first-order valence-electron chi connectivity index (χ1n) is 11.0. The Labute approximate surface area is 199 Å². The standard InChI is InChI=1S/C27H27N3O4/c1-5-33-25-13-9-23(10-14-25)29-26(31)22(17-28)16-21-15-18(3)30(19(21)4)24-11-7-20(8-12-24)27(32)34-6-2/h7-16H,5-6H2,1-4H3,(H,29,31)/b22-16-. The zero-order valence-corrected chi connectivity index (χ0v) is 19.7. The number of rotatable bonds is 8. The number of hydrogen-bond donors (Lipinski definition) is 1. The van der Waals surface area contributed by atoms with E-state index in [0.29, 0.717) is 30.2 Å². The molecule has 0 bridgehead atoms. The molecule has 3 rings (SSSR count). The van der Waals surface area contributed by atoms with Gasteiger partial charge in [0, 0.05) is 22.8 Å². The molecule has 34 heavy (non-hydrogen) atoms. The van der Waals surface area contributed by atoms with Crippen LogP contribution in [0.2, 0.25) is 0 Å². The third-order valence-corrected chi connectivity index (χ3v) is 5.20. The third kappa shape index (κ3) is 5.54. The molecule has 7 nitrogen and oxygen atoms in total. The van der Waals surface area contributed by atoms with Gasteiger partial charge in [0.15, 0.2) is 0 Å². The van der Waals surface area contributed by atoms with Crippen LogP contribution in [0, 0.1) is 25.2 Å². The van der Waals surface area contributed by atoms with Crippen LogP contribution in [-0.4, -0.2) is 29.7 Å². The lowest BCUT2D eigenvalue weighted by atomic mass is 10.1. The summed E-state index contributed by atoms with van der Waals surface area (Å²) in [6, 6.07) is 18.0. The minimum absolute atomic E-state index is 0.00760. The van der Waals surface area contributed by atoms with Crippen LogP contribution in [0.15, 0.2) is 60.2 Å². The fourth-order valence-electron chi connectivity index (χ4n) is 3.60. The van der Waals surface area contributed by atoms with Crippen molar-refractivity contribution >= 4 is 23.6 Å². The molecule has 3 aromatic rings. The number of nitrogens with one attached hydrogen (secondary N) is 1. The summed E-state index contributed by atoms with van der Waals surface area (Å²) in [5.41, 5.74) is 4.45. The van der Waals surface area contributed by atoms with E-state index in [9.17, 15) is 14.9 Å². The van der Waals surface area contributed by atoms with Crippen molar-refractivity contribution in [1.82, 2.24) is 4.57 Å². The summed E-state index contributed by atoms with van der Waals surface area (Å²) in [5, 5.41) is 12.4. The van der Waals surface area contributed by atoms with E-state index in [1.165, 1.54) is 0 Å². The fourth-order valence-corrected chi connectivity index (χ4v) is 3.60. The second-order valence-corrected chi connectivity index (χ2v) is 7.51. The van der Waals surface area contributed by atoms with Crippen molar-refractivity contribution in [2.45, 2.75) is 27.7 Å². The molecule has 1 amide bonds. The fraction of sp³-hybridized carbons (Fsp3) is 0.222. The van der Waals surface area contributed by atoms with Crippen LogP contribution in [-0.2, 0) is 9.53 Å². The van der Waals surface area contributed by atoms with Gasteiger partial charge in [-0.2, -0.15) is 5.26 Å². The number of aromatic nitrogens is 1. The molecule has 0 saturated heterocycles. The normalized spacial score (nSPS) is 11.0. The predicted octanol–water partition coefficient (Wildman–Crippen LogP) is 5.22. The Balaban J connectivity index is 1.83. The Morgan fingerprint density at radius 2 is 1.71 bits per heavy atom. The molecule has 174 valence electrons. The lowest BCUT2D eigenvalue weighted by Crippen LogP contribution is -2.13. The van der Waals surface area contributed by atoms with Crippen molar-refractivity contribution in [2.24, 2.45) is 0 Å². The maximum atomic E-state index is 12.7. The Hall–Kier alpha value is -4.31. The molecular formula is C27H27N3O4. The SMILES string of the molecule is CCOC(=O)c1ccc(-n2c(C)cc(/C=C(/C#N)C(=O)Nc3ccc(OCC)cc3)c2C)cc1. The first kappa shape index (κ1) is 24.3. The van der Waals surface area contributed by atoms with Gasteiger partial charge in [0.05, 0.1) is 18.8 Å². The van der Waals surface area contributed by atoms with Gasteiger partial charge in [-0.25, -0.2) is 4.79 Å². The topological polar surface area (TPSA) is 93.4 Å². The van der Waals surface area contributed by atoms with E-state index < -0.39 is 5.91 Å². The number of carbonyl (C=O) groups excluding carboxylic acids is 2. The van der Waals surface area contributed by atoms with Crippen LogP contribution in [0.4, 0.5) is 5.69 Å². The van der Waals surface area contributed by atoms with Crippen LogP contribution < -0.4 is 10.1 Å². The summed E-state index contributed by atoms with van der Waals surface area (Å²) in [5.74, 6) is -0.148. The lowest BCUT2D eigenvalue weighted by molar-refractivity contribution is -0.112. The Kier molecular flexibility index (Phi) is 7.88. The number of nitriles is 1. The molecule has 0 spiro atoms. The highest BCUT2D eigenvalue weighted by molar-refractivity contribution is 6.09. The van der Waals surface area contributed by atoms with E-state index in [-0.39, 0.29) is 11.5 Å². The van der Waals surface area contributed by atoms with Gasteiger partial charge in [-0.1, -0.05) is 0 Å². The zero-order valence-electron chi connectivity index (χ0n) is 19.7. The first-order valence-corrected chi connectivity index (χ1v) is 11.0. The van der Waals surface area contributed by atoms with Gasteiger partial charge >= 0.3 is 5.97 Å². The van der Waals surface area contributed by atoms with Crippen molar-refractivity contribution in [3.63, 3.8) is 0 Å². The maximum absolute atomic E-state index is 12.7. The van der Waals surface area contributed by atoms with Crippen LogP contribution in [0.3, 0.4) is 0 Å². The largest absolute Gasteiger partial charge is 0.494 e. The molecule has 2 aromatic carbocycles. The van der Waals surface area contributed by atoms with Gasteiger partial charge in [-0.3, -0.25) is 4.79 Å². The molecule has 1 N–H and O–H groups in total. The van der Waals surface area contributed by atoms with Crippen molar-refractivity contribution in [2.75, 3.05) is 18.5 Å². The van der Waals surface area contributed by atoms with E-state index >= 15 is 0 Å². The van der Waals surface area contributed by atoms with Gasteiger partial charge < -0.3 is 19.4 Å². The van der Waals surface area contributed by atoms with E-state index in [2.05, 4.69) is 5.32 Å². The quantitative estimate of drug-likeness (QED) is 0.285. The van der Waals surface area contributed by atoms with Gasteiger partial charge in [0.1, 0.15) is 17.4 Å². The van der Waals surface area contributed by atoms with Gasteiger partial charge in [-0.05, 0) is 93.9 Å². The molecule has 7 heteroatoms. The van der Waals surface area contributed by atoms with E-state index in [1.807, 2.05) is 49.6 Å². The lowest BCUT2D eigenvalue weighted by Gasteiger charge is -2.10. The number of ether oxygens (including phenoxy) is 2. The molecular weight excluding hydrogens is 430 g/mol. The highest BCUT2D eigenvalue weighted by Crippen LogP contribution is 2.24. The summed E-state index contributed by atoms with van der Waals surface area (Å²) in [7, 11) is 0. The second kappa shape index (κ2) is 11.0. The van der Waals surface area contributed by atoms with Gasteiger partial charge in [-0.15, -0.1) is 0 Å². The van der Waals surface area contributed by atoms with Crippen LogP contribution in [0.5, 0.6) is 5.75 Å². The number of hydrogen-bond acceptors (Lipinski definition) is 5. The van der Waals surface area contributed by atoms with Crippen molar-refractivity contribution in [1.29, 1.82) is 5.26 Å². The molecule has 0 radical (unpaired) electrons. The summed E-state index contributed by atoms with van der Waals surface area (Å²) < 4.78 is 12.4. The van der Waals surface area contributed by atoms with Crippen molar-refractivity contribution in [3.05, 3.63) is 82.7 Å². The number of esters is 1. The molecule has 1 aromatic heterocycles. The van der Waals surface area contributed by atoms with E-state index in [4.69, 9.17) is 9.47 Å². The minimum Gasteiger partial charge on any atom is -0.494 e. The molecule has 0 fully saturated rings. The average molecular weight is 458 g/mol. The number of aryl methyl sites for hydroxylation is 1. The van der Waals surface area contributed by atoms with Crippen molar-refractivity contribution < 1.29 is 19.1 Å². The number of nitrogens with zero attached hydrogens (tertiary/aromatic N) is 2. The van der Waals surface area contributed by atoms with Crippen LogP contribution in [0.1, 0.15) is 41.2 Å². The molecule has 0 aliphatic rings. The Morgan fingerprint density at radius 3 is 2.29 bits per heavy atom. The van der Waals surface area contributed by atoms with Crippen molar-refractivity contribution in [3.8, 4) is 17.5 Å². The summed E-state index contributed by atoms with van der Waals surface area (Å²) in [4.78, 5) is 24.6. The Morgan fingerprint density at radius 1 is 1.03 bits per heavy atom. The molecule has 0 saturated carbocycles. The van der Waals surface area contributed by atoms with Crippen LogP contribution >= 0.6 is 0 Å². The zero-order chi connectivity index (χ0) is 24.7. The monoisotopic (exact) mass is 457 g/mol. The molecule has 1 heterocycles. The molecule has 0 atom stereocenters. The minimum atomic E-state index is -0.491. The summed E-state index contributed by atoms with van der Waals surface area (Å²) in [6.45, 7) is 8.39. The highest BCUT2D eigenvalue weighted by atomic mass is 16.5. The predicted molar refractivity (Wildman–Crippen MR) is 131 cm³/mol. The average Bonchev–Trinajstić information content (AvgIpc) is 3.11. The number of amides is 1. The summed E-state index contributed by atoms with van der Waals surface area (Å²) in [6.07, 6.45) is 1.58. The maximum Gasteiger partial charge on any atom is 0.338 e. The molecule has 0 aliphatic heterocycles. The number of carbonyl (C=O) groups is 2. The number of benzene rings is 2. The second-order valence-electron chi connectivity index (χ2n) is 7.51. The molecule has 0 aliphatic carbocycles. The van der Waals surface area contributed by atoms with Gasteiger partial charge in [0.25, 0.3) is 5.91 Å². The van der Waals surface area contributed by atoms with Gasteiger partial charge in [0.2, 0.25) is 0 Å².